The van der Waals surface area contributed by atoms with Gasteiger partial charge in [0.25, 0.3) is 0 Å². The van der Waals surface area contributed by atoms with Gasteiger partial charge in [-0.15, -0.1) is 0 Å². The number of aromatic nitrogens is 1. The number of pyridine rings is 1. The third kappa shape index (κ3) is 4.18. The number of nitrogens with one attached hydrogen (secondary N) is 2. The highest BCUT2D eigenvalue weighted by Gasteiger charge is 2.04. The molecule has 0 bridgehead atoms. The maximum absolute atomic E-state index is 11.2. The van der Waals surface area contributed by atoms with Crippen LogP contribution >= 0.6 is 0 Å². The molecule has 0 spiro atoms. The molecule has 6 heteroatoms. The van der Waals surface area contributed by atoms with Crippen molar-refractivity contribution < 1.29 is 8.42 Å². The minimum Gasteiger partial charge on any atom is -0.370 e. The molecule has 0 aliphatic carbocycles. The number of nitrogens with zero attached hydrogens (tertiary/aromatic N) is 1. The zero-order valence-electron chi connectivity index (χ0n) is 11.5. The van der Waals surface area contributed by atoms with Crippen molar-refractivity contribution in [3.8, 4) is 0 Å². The summed E-state index contributed by atoms with van der Waals surface area (Å²) >= 11 is 0. The minimum atomic E-state index is -3.09. The van der Waals surface area contributed by atoms with Gasteiger partial charge >= 0.3 is 0 Å². The highest BCUT2D eigenvalue weighted by atomic mass is 32.2. The Bertz CT molecular complexity index is 671. The van der Waals surface area contributed by atoms with E-state index in [4.69, 9.17) is 0 Å². The zero-order valence-corrected chi connectivity index (χ0v) is 12.3. The molecule has 0 aliphatic heterocycles. The van der Waals surface area contributed by atoms with Crippen LogP contribution in [-0.4, -0.2) is 32.2 Å². The average molecular weight is 293 g/mol. The van der Waals surface area contributed by atoms with Crippen LogP contribution in [0.2, 0.25) is 0 Å². The van der Waals surface area contributed by atoms with Crippen LogP contribution in [0.25, 0.3) is 10.9 Å². The van der Waals surface area contributed by atoms with Crippen LogP contribution in [0.3, 0.4) is 0 Å². The van der Waals surface area contributed by atoms with Crippen LogP contribution < -0.4 is 10.0 Å². The van der Waals surface area contributed by atoms with E-state index in [2.05, 4.69) is 15.0 Å². The number of sulfonamides is 1. The van der Waals surface area contributed by atoms with Crippen molar-refractivity contribution in [2.45, 2.75) is 13.3 Å². The first-order chi connectivity index (χ1) is 9.61. The number of hydrogen-bond donors (Lipinski definition) is 2. The van der Waals surface area contributed by atoms with Gasteiger partial charge in [-0.1, -0.05) is 18.2 Å². The van der Waals surface area contributed by atoms with Gasteiger partial charge in [-0.05, 0) is 31.5 Å². The monoisotopic (exact) mass is 293 g/mol. The minimum absolute atomic E-state index is 0.118. The van der Waals surface area contributed by atoms with E-state index in [1.54, 1.807) is 6.92 Å². The lowest BCUT2D eigenvalue weighted by molar-refractivity contribution is 0.581. The zero-order chi connectivity index (χ0) is 14.4. The summed E-state index contributed by atoms with van der Waals surface area (Å²) in [4.78, 5) is 4.49. The maximum atomic E-state index is 11.2. The molecule has 1 aromatic carbocycles. The number of fused-ring (bicyclic) bond motifs is 1. The Morgan fingerprint density at radius 2 is 1.90 bits per heavy atom. The second-order valence-corrected chi connectivity index (χ2v) is 6.56. The first kappa shape index (κ1) is 14.7. The van der Waals surface area contributed by atoms with Gasteiger partial charge in [0.2, 0.25) is 10.0 Å². The number of rotatable bonds is 7. The molecular weight excluding hydrogens is 274 g/mol. The van der Waals surface area contributed by atoms with Gasteiger partial charge in [0.05, 0.1) is 11.3 Å². The van der Waals surface area contributed by atoms with Crippen molar-refractivity contribution in [2.24, 2.45) is 0 Å². The van der Waals surface area contributed by atoms with E-state index in [-0.39, 0.29) is 5.75 Å². The van der Waals surface area contributed by atoms with E-state index >= 15 is 0 Å². The number of hydrogen-bond acceptors (Lipinski definition) is 4. The summed E-state index contributed by atoms with van der Waals surface area (Å²) in [5.74, 6) is 0.925. The van der Waals surface area contributed by atoms with Gasteiger partial charge in [0.15, 0.2) is 0 Å². The van der Waals surface area contributed by atoms with E-state index < -0.39 is 10.0 Å². The summed E-state index contributed by atoms with van der Waals surface area (Å²) in [5, 5.41) is 4.30. The topological polar surface area (TPSA) is 71.1 Å². The lowest BCUT2D eigenvalue weighted by Gasteiger charge is -2.07. The SMILES string of the molecule is CCS(=O)(=O)NCCCNc1ccc2ccccc2n1. The molecule has 1 heterocycles. The van der Waals surface area contributed by atoms with E-state index in [0.29, 0.717) is 19.5 Å². The lowest BCUT2D eigenvalue weighted by Crippen LogP contribution is -2.27. The molecular formula is C14H19N3O2S. The molecule has 2 aromatic rings. The lowest BCUT2D eigenvalue weighted by atomic mass is 10.2. The molecule has 1 aromatic heterocycles. The summed E-state index contributed by atoms with van der Waals surface area (Å²) in [6.07, 6.45) is 0.716. The van der Waals surface area contributed by atoms with Gasteiger partial charge in [0, 0.05) is 18.5 Å². The van der Waals surface area contributed by atoms with Crippen LogP contribution in [-0.2, 0) is 10.0 Å². The average Bonchev–Trinajstić information content (AvgIpc) is 2.46. The Morgan fingerprint density at radius 1 is 1.10 bits per heavy atom. The fraction of sp³-hybridized carbons (Fsp3) is 0.357. The third-order valence-electron chi connectivity index (χ3n) is 2.96. The van der Waals surface area contributed by atoms with E-state index in [9.17, 15) is 8.42 Å². The van der Waals surface area contributed by atoms with Crippen LogP contribution in [0, 0.1) is 0 Å². The molecule has 0 amide bonds. The molecule has 0 radical (unpaired) electrons. The quantitative estimate of drug-likeness (QED) is 0.766. The number of benzene rings is 1. The summed E-state index contributed by atoms with van der Waals surface area (Å²) in [6.45, 7) is 2.74. The van der Waals surface area contributed by atoms with Crippen LogP contribution in [0.15, 0.2) is 36.4 Å². The van der Waals surface area contributed by atoms with Crippen molar-refractivity contribution in [1.29, 1.82) is 0 Å². The summed E-state index contributed by atoms with van der Waals surface area (Å²) in [7, 11) is -3.09. The molecule has 2 N–H and O–H groups in total. The highest BCUT2D eigenvalue weighted by Crippen LogP contribution is 2.14. The fourth-order valence-electron chi connectivity index (χ4n) is 1.80. The Kier molecular flexibility index (Phi) is 4.92. The van der Waals surface area contributed by atoms with Crippen molar-refractivity contribution in [3.63, 3.8) is 0 Å². The molecule has 0 fully saturated rings. The molecule has 108 valence electrons. The highest BCUT2D eigenvalue weighted by molar-refractivity contribution is 7.89. The van der Waals surface area contributed by atoms with Gasteiger partial charge in [-0.2, -0.15) is 0 Å². The Hall–Kier alpha value is -1.66. The molecule has 5 nitrogen and oxygen atoms in total. The normalized spacial score (nSPS) is 11.7. The van der Waals surface area contributed by atoms with Crippen LogP contribution in [0.5, 0.6) is 0 Å². The molecule has 0 aliphatic rings. The second kappa shape index (κ2) is 6.67. The first-order valence-corrected chi connectivity index (χ1v) is 8.33. The van der Waals surface area contributed by atoms with Crippen molar-refractivity contribution in [1.82, 2.24) is 9.71 Å². The van der Waals surface area contributed by atoms with Crippen molar-refractivity contribution in [2.75, 3.05) is 24.2 Å². The first-order valence-electron chi connectivity index (χ1n) is 6.68. The number of para-hydroxylation sites is 1. The van der Waals surface area contributed by atoms with Crippen LogP contribution in [0.1, 0.15) is 13.3 Å². The Morgan fingerprint density at radius 3 is 2.70 bits per heavy atom. The van der Waals surface area contributed by atoms with Crippen molar-refractivity contribution in [3.05, 3.63) is 36.4 Å². The van der Waals surface area contributed by atoms with Gasteiger partial charge < -0.3 is 5.32 Å². The third-order valence-corrected chi connectivity index (χ3v) is 4.36. The van der Waals surface area contributed by atoms with Crippen molar-refractivity contribution >= 4 is 26.7 Å². The van der Waals surface area contributed by atoms with E-state index in [1.165, 1.54) is 0 Å². The largest absolute Gasteiger partial charge is 0.370 e. The van der Waals surface area contributed by atoms with Crippen LogP contribution in [0.4, 0.5) is 5.82 Å². The summed E-state index contributed by atoms with van der Waals surface area (Å²) < 4.78 is 25.0. The predicted molar refractivity (Wildman–Crippen MR) is 82.3 cm³/mol. The Balaban J connectivity index is 1.81. The fourth-order valence-corrected chi connectivity index (χ4v) is 2.46. The van der Waals surface area contributed by atoms with Gasteiger partial charge in [0.1, 0.15) is 5.82 Å². The maximum Gasteiger partial charge on any atom is 0.211 e. The van der Waals surface area contributed by atoms with E-state index in [0.717, 1.165) is 16.7 Å². The van der Waals surface area contributed by atoms with E-state index in [1.807, 2.05) is 36.4 Å². The molecule has 0 atom stereocenters. The van der Waals surface area contributed by atoms with Gasteiger partial charge in [-0.3, -0.25) is 0 Å². The van der Waals surface area contributed by atoms with Gasteiger partial charge in [-0.25, -0.2) is 18.1 Å². The molecule has 0 unspecified atom stereocenters. The number of anilines is 1. The predicted octanol–water partition coefficient (Wildman–Crippen LogP) is 1.98. The Labute approximate surface area is 119 Å². The standard InChI is InChI=1S/C14H19N3O2S/c1-2-20(18,19)16-11-5-10-15-14-9-8-12-6-3-4-7-13(12)17-14/h3-4,6-9,16H,2,5,10-11H2,1H3,(H,15,17). The molecule has 0 saturated carbocycles. The second-order valence-electron chi connectivity index (χ2n) is 4.47. The molecule has 2 rings (SSSR count). The molecule has 0 saturated heterocycles. The summed E-state index contributed by atoms with van der Waals surface area (Å²) in [5.41, 5.74) is 0.948. The smallest absolute Gasteiger partial charge is 0.211 e. The summed E-state index contributed by atoms with van der Waals surface area (Å²) in [6, 6.07) is 11.9. The molecule has 20 heavy (non-hydrogen) atoms.